The lowest BCUT2D eigenvalue weighted by molar-refractivity contribution is 0.454. The van der Waals surface area contributed by atoms with Crippen molar-refractivity contribution in [2.75, 3.05) is 11.9 Å². The minimum Gasteiger partial charge on any atom is -0.327 e. The molecular weight excluding hydrogens is 334 g/mol. The molecule has 134 valence electrons. The van der Waals surface area contributed by atoms with Crippen molar-refractivity contribution < 1.29 is 0 Å². The zero-order valence-electron chi connectivity index (χ0n) is 15.5. The summed E-state index contributed by atoms with van der Waals surface area (Å²) in [5.74, 6) is 4.32. The van der Waals surface area contributed by atoms with Crippen molar-refractivity contribution in [1.29, 1.82) is 0 Å². The number of hydrogen-bond donors (Lipinski definition) is 1. The highest BCUT2D eigenvalue weighted by Gasteiger charge is 2.26. The number of hydrogen-bond acceptors (Lipinski definition) is 4. The molecule has 4 rings (SSSR count). The van der Waals surface area contributed by atoms with Gasteiger partial charge in [0.05, 0.1) is 24.5 Å². The van der Waals surface area contributed by atoms with E-state index in [2.05, 4.69) is 35.2 Å². The van der Waals surface area contributed by atoms with Crippen LogP contribution in [0.3, 0.4) is 0 Å². The largest absolute Gasteiger partial charge is 0.327 e. The molecule has 0 unspecified atom stereocenters. The van der Waals surface area contributed by atoms with E-state index in [1.807, 2.05) is 54.1 Å². The maximum Gasteiger partial charge on any atom is 0.206 e. The number of nitrogens with one attached hydrogen (secondary N) is 1. The molecule has 2 aromatic carbocycles. The van der Waals surface area contributed by atoms with Gasteiger partial charge in [-0.15, -0.1) is 6.42 Å². The fraction of sp³-hybridized carbons (Fsp3) is 0.182. The Labute approximate surface area is 159 Å². The molecular formula is C22H21N5. The minimum absolute atomic E-state index is 0.479. The third-order valence-corrected chi connectivity index (χ3v) is 4.61. The molecule has 27 heavy (non-hydrogen) atoms. The summed E-state index contributed by atoms with van der Waals surface area (Å²) in [7, 11) is 0. The first-order chi connectivity index (χ1) is 13.2. The molecule has 2 heterocycles. The van der Waals surface area contributed by atoms with E-state index in [4.69, 9.17) is 16.5 Å². The Kier molecular flexibility index (Phi) is 4.39. The van der Waals surface area contributed by atoms with Gasteiger partial charge >= 0.3 is 0 Å². The van der Waals surface area contributed by atoms with Crippen LogP contribution in [0.15, 0.2) is 59.6 Å². The monoisotopic (exact) mass is 355 g/mol. The molecule has 1 aliphatic rings. The number of anilines is 1. The molecule has 5 nitrogen and oxygen atoms in total. The average Bonchev–Trinajstić information content (AvgIpc) is 3.00. The summed E-state index contributed by atoms with van der Waals surface area (Å²) in [4.78, 5) is 6.96. The SMILES string of the molecule is C#CCN1Cc2c(C)nn(-c3ccccc3)c2N=C1Nc1ccc(C)cc1. The normalized spacial score (nSPS) is 12.9. The quantitative estimate of drug-likeness (QED) is 0.721. The van der Waals surface area contributed by atoms with Gasteiger partial charge in [-0.3, -0.25) is 0 Å². The highest BCUT2D eigenvalue weighted by atomic mass is 15.4. The Balaban J connectivity index is 1.77. The molecule has 0 atom stereocenters. The van der Waals surface area contributed by atoms with Crippen LogP contribution in [0.4, 0.5) is 11.5 Å². The first-order valence-corrected chi connectivity index (χ1v) is 8.90. The van der Waals surface area contributed by atoms with E-state index in [1.54, 1.807) is 0 Å². The van der Waals surface area contributed by atoms with Gasteiger partial charge in [-0.25, -0.2) is 4.68 Å². The molecule has 3 aromatic rings. The summed E-state index contributed by atoms with van der Waals surface area (Å²) >= 11 is 0. The summed E-state index contributed by atoms with van der Waals surface area (Å²) in [6.07, 6.45) is 5.59. The van der Waals surface area contributed by atoms with Crippen LogP contribution in [0, 0.1) is 26.2 Å². The van der Waals surface area contributed by atoms with Crippen LogP contribution >= 0.6 is 0 Å². The van der Waals surface area contributed by atoms with Crippen molar-refractivity contribution in [3.63, 3.8) is 0 Å². The van der Waals surface area contributed by atoms with E-state index in [0.717, 1.165) is 34.4 Å². The second-order valence-corrected chi connectivity index (χ2v) is 6.62. The third-order valence-electron chi connectivity index (χ3n) is 4.61. The van der Waals surface area contributed by atoms with Gasteiger partial charge in [-0.05, 0) is 38.1 Å². The second-order valence-electron chi connectivity index (χ2n) is 6.62. The fourth-order valence-corrected chi connectivity index (χ4v) is 3.15. The van der Waals surface area contributed by atoms with E-state index in [9.17, 15) is 0 Å². The summed E-state index contributed by atoms with van der Waals surface area (Å²) in [5, 5.41) is 8.12. The van der Waals surface area contributed by atoms with Crippen molar-refractivity contribution in [3.05, 3.63) is 71.4 Å². The van der Waals surface area contributed by atoms with E-state index >= 15 is 0 Å². The Morgan fingerprint density at radius 1 is 1.07 bits per heavy atom. The summed E-state index contributed by atoms with van der Waals surface area (Å²) in [5.41, 5.74) is 5.25. The standard InChI is InChI=1S/C22H21N5/c1-4-14-26-15-20-17(3)25-27(19-8-6-5-7-9-19)21(20)24-22(26)23-18-12-10-16(2)11-13-18/h1,5-13H,14-15H2,2-3H3,(H,23,24). The number of para-hydroxylation sites is 1. The predicted molar refractivity (Wildman–Crippen MR) is 109 cm³/mol. The zero-order chi connectivity index (χ0) is 18.8. The van der Waals surface area contributed by atoms with Crippen LogP contribution < -0.4 is 5.32 Å². The molecule has 0 saturated heterocycles. The zero-order valence-corrected chi connectivity index (χ0v) is 15.5. The topological polar surface area (TPSA) is 45.5 Å². The lowest BCUT2D eigenvalue weighted by atomic mass is 10.2. The van der Waals surface area contributed by atoms with E-state index in [0.29, 0.717) is 13.1 Å². The lowest BCUT2D eigenvalue weighted by Crippen LogP contribution is -2.38. The van der Waals surface area contributed by atoms with E-state index in [-0.39, 0.29) is 0 Å². The summed E-state index contributed by atoms with van der Waals surface area (Å²) < 4.78 is 1.90. The van der Waals surface area contributed by atoms with Gasteiger partial charge in [0.1, 0.15) is 0 Å². The van der Waals surface area contributed by atoms with Crippen LogP contribution in [0.2, 0.25) is 0 Å². The third kappa shape index (κ3) is 3.30. The number of guanidine groups is 1. The molecule has 1 aromatic heterocycles. The first-order valence-electron chi connectivity index (χ1n) is 8.90. The predicted octanol–water partition coefficient (Wildman–Crippen LogP) is 4.04. The number of benzene rings is 2. The first kappa shape index (κ1) is 16.9. The Hall–Kier alpha value is -3.52. The maximum absolute atomic E-state index is 5.59. The summed E-state index contributed by atoms with van der Waals surface area (Å²) in [6, 6.07) is 18.3. The van der Waals surface area contributed by atoms with Crippen molar-refractivity contribution in [1.82, 2.24) is 14.7 Å². The average molecular weight is 355 g/mol. The van der Waals surface area contributed by atoms with Gasteiger partial charge in [-0.2, -0.15) is 10.1 Å². The number of terminal acetylenes is 1. The van der Waals surface area contributed by atoms with Gasteiger partial charge in [-0.1, -0.05) is 41.8 Å². The molecule has 0 fully saturated rings. The highest BCUT2D eigenvalue weighted by molar-refractivity contribution is 5.96. The van der Waals surface area contributed by atoms with Gasteiger partial charge in [0.15, 0.2) is 5.82 Å². The number of nitrogens with zero attached hydrogens (tertiary/aromatic N) is 4. The number of aromatic nitrogens is 2. The van der Waals surface area contributed by atoms with Gasteiger partial charge in [0.2, 0.25) is 5.96 Å². The van der Waals surface area contributed by atoms with Crippen molar-refractivity contribution >= 4 is 17.5 Å². The Morgan fingerprint density at radius 3 is 2.52 bits per heavy atom. The fourth-order valence-electron chi connectivity index (χ4n) is 3.15. The Bertz CT molecular complexity index is 1020. The second kappa shape index (κ2) is 7.00. The van der Waals surface area contributed by atoms with Crippen molar-refractivity contribution in [2.24, 2.45) is 4.99 Å². The van der Waals surface area contributed by atoms with Gasteiger partial charge in [0.25, 0.3) is 0 Å². The van der Waals surface area contributed by atoms with Crippen molar-refractivity contribution in [3.8, 4) is 18.0 Å². The smallest absolute Gasteiger partial charge is 0.206 e. The maximum atomic E-state index is 5.59. The molecule has 0 saturated carbocycles. The molecule has 0 radical (unpaired) electrons. The van der Waals surface area contributed by atoms with E-state index in [1.165, 1.54) is 5.56 Å². The molecule has 5 heteroatoms. The van der Waals surface area contributed by atoms with Crippen LogP contribution in [-0.4, -0.2) is 27.2 Å². The molecule has 1 N–H and O–H groups in total. The number of rotatable bonds is 3. The minimum atomic E-state index is 0.479. The van der Waals surface area contributed by atoms with Gasteiger partial charge in [0, 0.05) is 11.3 Å². The van der Waals surface area contributed by atoms with Crippen LogP contribution in [-0.2, 0) is 6.54 Å². The van der Waals surface area contributed by atoms with Crippen LogP contribution in [0.5, 0.6) is 0 Å². The number of aliphatic imine (C=N–C) groups is 1. The Morgan fingerprint density at radius 2 is 1.81 bits per heavy atom. The lowest BCUT2D eigenvalue weighted by Gasteiger charge is -2.28. The van der Waals surface area contributed by atoms with Crippen LogP contribution in [0.1, 0.15) is 16.8 Å². The molecule has 0 bridgehead atoms. The van der Waals surface area contributed by atoms with Gasteiger partial charge < -0.3 is 10.2 Å². The van der Waals surface area contributed by atoms with E-state index < -0.39 is 0 Å². The highest BCUT2D eigenvalue weighted by Crippen LogP contribution is 2.31. The molecule has 0 amide bonds. The summed E-state index contributed by atoms with van der Waals surface area (Å²) in [6.45, 7) is 5.24. The van der Waals surface area contributed by atoms with Crippen LogP contribution in [0.25, 0.3) is 5.69 Å². The molecule has 0 aliphatic carbocycles. The number of aryl methyl sites for hydroxylation is 2. The van der Waals surface area contributed by atoms with Crippen molar-refractivity contribution in [2.45, 2.75) is 20.4 Å². The molecule has 1 aliphatic heterocycles. The molecule has 0 spiro atoms. The number of fused-ring (bicyclic) bond motifs is 1.